The van der Waals surface area contributed by atoms with Crippen molar-refractivity contribution in [1.82, 2.24) is 9.71 Å². The van der Waals surface area contributed by atoms with E-state index in [2.05, 4.69) is 37.9 Å². The van der Waals surface area contributed by atoms with E-state index in [9.17, 15) is 8.42 Å². The van der Waals surface area contributed by atoms with Gasteiger partial charge in [-0.3, -0.25) is 0 Å². The van der Waals surface area contributed by atoms with Gasteiger partial charge in [-0.2, -0.15) is 0 Å². The van der Waals surface area contributed by atoms with E-state index in [-0.39, 0.29) is 4.90 Å². The zero-order valence-corrected chi connectivity index (χ0v) is 14.8. The van der Waals surface area contributed by atoms with Gasteiger partial charge in [-0.1, -0.05) is 19.8 Å². The van der Waals surface area contributed by atoms with Crippen LogP contribution in [0.15, 0.2) is 21.6 Å². The average molecular weight is 376 g/mol. The Hall–Kier alpha value is -0.660. The van der Waals surface area contributed by atoms with Gasteiger partial charge in [0.2, 0.25) is 10.0 Å². The Kier molecular flexibility index (Phi) is 5.62. The summed E-state index contributed by atoms with van der Waals surface area (Å²) >= 11 is 3.27. The minimum atomic E-state index is -3.54. The molecular formula is C14H22BrN3O2S. The van der Waals surface area contributed by atoms with E-state index in [0.717, 1.165) is 18.8 Å². The summed E-state index contributed by atoms with van der Waals surface area (Å²) in [7, 11) is -1.88. The molecule has 0 spiro atoms. The lowest BCUT2D eigenvalue weighted by molar-refractivity contribution is 0.290. The van der Waals surface area contributed by atoms with Gasteiger partial charge in [-0.05, 0) is 46.7 Å². The number of rotatable bonds is 5. The third-order valence-electron chi connectivity index (χ3n) is 4.04. The highest BCUT2D eigenvalue weighted by molar-refractivity contribution is 9.10. The van der Waals surface area contributed by atoms with Crippen molar-refractivity contribution in [1.29, 1.82) is 0 Å². The molecule has 1 fully saturated rings. The SMILES string of the molecule is CNc1ncc(Br)cc1S(=O)(=O)NCC1CCC(C)CC1. The van der Waals surface area contributed by atoms with Crippen LogP contribution in [0.4, 0.5) is 5.82 Å². The molecule has 1 aromatic heterocycles. The van der Waals surface area contributed by atoms with Gasteiger partial charge >= 0.3 is 0 Å². The summed E-state index contributed by atoms with van der Waals surface area (Å²) in [5.74, 6) is 1.57. The Morgan fingerprint density at radius 3 is 2.62 bits per heavy atom. The van der Waals surface area contributed by atoms with Gasteiger partial charge in [-0.15, -0.1) is 0 Å². The lowest BCUT2D eigenvalue weighted by Gasteiger charge is -2.26. The van der Waals surface area contributed by atoms with Crippen LogP contribution in [-0.4, -0.2) is 27.0 Å². The Morgan fingerprint density at radius 2 is 2.00 bits per heavy atom. The molecule has 5 nitrogen and oxygen atoms in total. The Balaban J connectivity index is 2.06. The van der Waals surface area contributed by atoms with Crippen LogP contribution in [-0.2, 0) is 10.0 Å². The van der Waals surface area contributed by atoms with Crippen LogP contribution in [0.5, 0.6) is 0 Å². The number of hydrogen-bond donors (Lipinski definition) is 2. The highest BCUT2D eigenvalue weighted by Gasteiger charge is 2.23. The van der Waals surface area contributed by atoms with Crippen molar-refractivity contribution in [2.45, 2.75) is 37.5 Å². The Bertz CT molecular complexity index is 584. The van der Waals surface area contributed by atoms with Crippen molar-refractivity contribution < 1.29 is 8.42 Å². The molecule has 2 rings (SSSR count). The molecule has 0 bridgehead atoms. The molecule has 0 amide bonds. The van der Waals surface area contributed by atoms with E-state index >= 15 is 0 Å². The van der Waals surface area contributed by atoms with E-state index < -0.39 is 10.0 Å². The van der Waals surface area contributed by atoms with Crippen molar-refractivity contribution in [3.8, 4) is 0 Å². The number of sulfonamides is 1. The number of halogens is 1. The second-order valence-electron chi connectivity index (χ2n) is 5.73. The molecule has 0 unspecified atom stereocenters. The molecule has 118 valence electrons. The molecule has 1 aliphatic carbocycles. The molecule has 0 saturated heterocycles. The molecule has 1 heterocycles. The smallest absolute Gasteiger partial charge is 0.244 e. The third-order valence-corrected chi connectivity index (χ3v) is 5.91. The maximum atomic E-state index is 12.5. The van der Waals surface area contributed by atoms with Crippen molar-refractivity contribution in [2.24, 2.45) is 11.8 Å². The minimum absolute atomic E-state index is 0.184. The van der Waals surface area contributed by atoms with Crippen molar-refractivity contribution in [3.05, 3.63) is 16.7 Å². The predicted molar refractivity (Wildman–Crippen MR) is 87.8 cm³/mol. The van der Waals surface area contributed by atoms with E-state index in [1.165, 1.54) is 12.8 Å². The zero-order chi connectivity index (χ0) is 15.5. The predicted octanol–water partition coefficient (Wildman–Crippen LogP) is 2.99. The fourth-order valence-corrected chi connectivity index (χ4v) is 4.44. The number of nitrogens with one attached hydrogen (secondary N) is 2. The first-order valence-corrected chi connectivity index (χ1v) is 9.53. The number of anilines is 1. The van der Waals surface area contributed by atoms with Crippen molar-refractivity contribution >= 4 is 31.8 Å². The summed E-state index contributed by atoms with van der Waals surface area (Å²) in [5.41, 5.74) is 0. The highest BCUT2D eigenvalue weighted by Crippen LogP contribution is 2.28. The summed E-state index contributed by atoms with van der Waals surface area (Å²) in [4.78, 5) is 4.27. The Labute approximate surface area is 135 Å². The van der Waals surface area contributed by atoms with Gasteiger partial charge in [-0.25, -0.2) is 18.1 Å². The number of hydrogen-bond acceptors (Lipinski definition) is 4. The molecule has 1 aromatic rings. The molecule has 0 atom stereocenters. The number of nitrogens with zero attached hydrogens (tertiary/aromatic N) is 1. The topological polar surface area (TPSA) is 71.1 Å². The lowest BCUT2D eigenvalue weighted by atomic mass is 9.83. The van der Waals surface area contributed by atoms with Crippen LogP contribution in [0.25, 0.3) is 0 Å². The number of pyridine rings is 1. The minimum Gasteiger partial charge on any atom is -0.372 e. The van der Waals surface area contributed by atoms with Gasteiger partial charge < -0.3 is 5.32 Å². The van der Waals surface area contributed by atoms with Crippen LogP contribution >= 0.6 is 15.9 Å². The molecule has 0 radical (unpaired) electrons. The summed E-state index contributed by atoms with van der Waals surface area (Å²) < 4.78 is 28.3. The summed E-state index contributed by atoms with van der Waals surface area (Å²) in [5, 5.41) is 2.82. The first-order valence-electron chi connectivity index (χ1n) is 7.25. The fourth-order valence-electron chi connectivity index (χ4n) is 2.65. The summed E-state index contributed by atoms with van der Waals surface area (Å²) in [6.07, 6.45) is 6.14. The molecule has 7 heteroatoms. The van der Waals surface area contributed by atoms with Crippen molar-refractivity contribution in [3.63, 3.8) is 0 Å². The Morgan fingerprint density at radius 1 is 1.33 bits per heavy atom. The molecule has 0 aromatic carbocycles. The maximum Gasteiger partial charge on any atom is 0.244 e. The molecule has 2 N–H and O–H groups in total. The highest BCUT2D eigenvalue weighted by atomic mass is 79.9. The summed E-state index contributed by atoms with van der Waals surface area (Å²) in [6, 6.07) is 1.57. The van der Waals surface area contributed by atoms with E-state index in [1.54, 1.807) is 19.3 Å². The molecular weight excluding hydrogens is 354 g/mol. The van der Waals surface area contributed by atoms with Gasteiger partial charge in [0.1, 0.15) is 10.7 Å². The first kappa shape index (κ1) is 16.7. The lowest BCUT2D eigenvalue weighted by Crippen LogP contribution is -2.31. The quantitative estimate of drug-likeness (QED) is 0.829. The van der Waals surface area contributed by atoms with Gasteiger partial charge in [0, 0.05) is 24.3 Å². The molecule has 0 aliphatic heterocycles. The average Bonchev–Trinajstić information content (AvgIpc) is 2.47. The standard InChI is InChI=1S/C14H22BrN3O2S/c1-10-3-5-11(6-4-10)8-18-21(19,20)13-7-12(15)9-17-14(13)16-2/h7,9-11,18H,3-6,8H2,1-2H3,(H,16,17). The molecule has 21 heavy (non-hydrogen) atoms. The monoisotopic (exact) mass is 375 g/mol. The van der Waals surface area contributed by atoms with Gasteiger partial charge in [0.25, 0.3) is 0 Å². The van der Waals surface area contributed by atoms with Crippen LogP contribution in [0, 0.1) is 11.8 Å². The van der Waals surface area contributed by atoms with Crippen LogP contribution < -0.4 is 10.0 Å². The summed E-state index contributed by atoms with van der Waals surface area (Å²) in [6.45, 7) is 2.76. The molecule has 1 saturated carbocycles. The maximum absolute atomic E-state index is 12.5. The fraction of sp³-hybridized carbons (Fsp3) is 0.643. The van der Waals surface area contributed by atoms with E-state index in [0.29, 0.717) is 22.8 Å². The third kappa shape index (κ3) is 4.40. The molecule has 1 aliphatic rings. The van der Waals surface area contributed by atoms with Crippen LogP contribution in [0.2, 0.25) is 0 Å². The second-order valence-corrected chi connectivity index (χ2v) is 8.38. The van der Waals surface area contributed by atoms with E-state index in [4.69, 9.17) is 0 Å². The van der Waals surface area contributed by atoms with Crippen LogP contribution in [0.3, 0.4) is 0 Å². The first-order chi connectivity index (χ1) is 9.92. The van der Waals surface area contributed by atoms with Crippen LogP contribution in [0.1, 0.15) is 32.6 Å². The second kappa shape index (κ2) is 7.07. The zero-order valence-electron chi connectivity index (χ0n) is 12.4. The van der Waals surface area contributed by atoms with Gasteiger partial charge in [0.15, 0.2) is 0 Å². The van der Waals surface area contributed by atoms with Gasteiger partial charge in [0.05, 0.1) is 0 Å². The normalized spacial score (nSPS) is 23.0. The van der Waals surface area contributed by atoms with Crippen molar-refractivity contribution in [2.75, 3.05) is 18.9 Å². The largest absolute Gasteiger partial charge is 0.372 e. The number of aromatic nitrogens is 1. The van der Waals surface area contributed by atoms with E-state index in [1.807, 2.05) is 0 Å².